The fourth-order valence-corrected chi connectivity index (χ4v) is 6.92. The number of fused-ring (bicyclic) bond motifs is 3. The number of carboxylic acid groups (broad SMARTS) is 1. The number of rotatable bonds is 9. The van der Waals surface area contributed by atoms with Gasteiger partial charge in [-0.1, -0.05) is 91.5 Å². The Kier molecular flexibility index (Phi) is 7.21. The molecule has 0 aliphatic heterocycles. The molecule has 0 fully saturated rings. The summed E-state index contributed by atoms with van der Waals surface area (Å²) in [6.07, 6.45) is 1.10. The molecule has 178 valence electrons. The van der Waals surface area contributed by atoms with E-state index in [1.165, 1.54) is 16.0 Å². The van der Waals surface area contributed by atoms with Crippen molar-refractivity contribution in [2.75, 3.05) is 5.75 Å². The summed E-state index contributed by atoms with van der Waals surface area (Å²) in [6.45, 7) is 1.79. The molecule has 35 heavy (non-hydrogen) atoms. The number of aromatic nitrogens is 1. The second kappa shape index (κ2) is 10.7. The third-order valence-corrected chi connectivity index (χ3v) is 8.70. The first kappa shape index (κ1) is 23.6. The Balaban J connectivity index is 1.39. The van der Waals surface area contributed by atoms with Crippen molar-refractivity contribution < 1.29 is 14.6 Å². The summed E-state index contributed by atoms with van der Waals surface area (Å²) in [5, 5.41) is 11.4. The summed E-state index contributed by atoms with van der Waals surface area (Å²) in [5.41, 5.74) is 5.69. The van der Waals surface area contributed by atoms with E-state index in [0.717, 1.165) is 39.8 Å². The molecule has 6 heteroatoms. The van der Waals surface area contributed by atoms with Crippen LogP contribution in [0.4, 0.5) is 0 Å². The lowest BCUT2D eigenvalue weighted by Gasteiger charge is -2.23. The molecular formula is C29H26NO3S2-. The van der Waals surface area contributed by atoms with Gasteiger partial charge >= 0.3 is 0 Å². The van der Waals surface area contributed by atoms with Crippen LogP contribution in [0.15, 0.2) is 83.2 Å². The van der Waals surface area contributed by atoms with Crippen molar-refractivity contribution in [3.8, 4) is 17.0 Å². The molecule has 0 spiro atoms. The standard InChI is InChI=1S/C29H27NO3S2/c1-2-24(28(31)32)33-25-15-9-14-22-21(25)16-17-26-27(22)30-29(35-26)34-18-23(19-10-5-3-6-11-19)20-12-7-4-8-13-20/h3-15,23-24H,2,16-18H2,1H3,(H,31,32)/p-1. The minimum absolute atomic E-state index is 0.284. The first-order valence-corrected chi connectivity index (χ1v) is 13.7. The zero-order valence-electron chi connectivity index (χ0n) is 19.5. The maximum absolute atomic E-state index is 11.4. The van der Waals surface area contributed by atoms with Gasteiger partial charge in [0.25, 0.3) is 0 Å². The lowest BCUT2D eigenvalue weighted by atomic mass is 9.92. The molecule has 0 radical (unpaired) electrons. The molecule has 0 N–H and O–H groups in total. The van der Waals surface area contributed by atoms with Crippen molar-refractivity contribution in [3.63, 3.8) is 0 Å². The molecule has 1 aliphatic carbocycles. The Morgan fingerprint density at radius 1 is 1.00 bits per heavy atom. The van der Waals surface area contributed by atoms with Crippen molar-refractivity contribution in [2.24, 2.45) is 0 Å². The van der Waals surface area contributed by atoms with E-state index in [0.29, 0.717) is 12.2 Å². The Labute approximate surface area is 214 Å². The topological polar surface area (TPSA) is 62.2 Å². The zero-order valence-corrected chi connectivity index (χ0v) is 21.1. The van der Waals surface area contributed by atoms with Crippen LogP contribution in [0.3, 0.4) is 0 Å². The molecule has 4 aromatic rings. The average Bonchev–Trinajstić information content (AvgIpc) is 3.32. The summed E-state index contributed by atoms with van der Waals surface area (Å²) < 4.78 is 6.89. The van der Waals surface area contributed by atoms with Gasteiger partial charge in [0.2, 0.25) is 0 Å². The Hall–Kier alpha value is -3.09. The lowest BCUT2D eigenvalue weighted by molar-refractivity contribution is -0.313. The highest BCUT2D eigenvalue weighted by Gasteiger charge is 2.25. The van der Waals surface area contributed by atoms with Gasteiger partial charge in [-0.2, -0.15) is 0 Å². The number of ether oxygens (including phenoxy) is 1. The van der Waals surface area contributed by atoms with Crippen LogP contribution in [0.5, 0.6) is 5.75 Å². The molecule has 0 saturated heterocycles. The fraction of sp³-hybridized carbons (Fsp3) is 0.241. The minimum Gasteiger partial charge on any atom is -0.546 e. The lowest BCUT2D eigenvalue weighted by Crippen LogP contribution is -2.39. The average molecular weight is 501 g/mol. The van der Waals surface area contributed by atoms with E-state index in [4.69, 9.17) is 9.72 Å². The third-order valence-electron chi connectivity index (χ3n) is 6.35. The van der Waals surface area contributed by atoms with E-state index in [-0.39, 0.29) is 5.92 Å². The van der Waals surface area contributed by atoms with Gasteiger partial charge < -0.3 is 14.6 Å². The van der Waals surface area contributed by atoms with Crippen LogP contribution < -0.4 is 9.84 Å². The Bertz CT molecular complexity index is 1260. The molecule has 1 aromatic heterocycles. The van der Waals surface area contributed by atoms with E-state index < -0.39 is 12.1 Å². The quantitative estimate of drug-likeness (QED) is 0.274. The third kappa shape index (κ3) is 5.14. The first-order chi connectivity index (χ1) is 17.1. The largest absolute Gasteiger partial charge is 0.546 e. The molecule has 0 saturated carbocycles. The van der Waals surface area contributed by atoms with Crippen LogP contribution in [-0.4, -0.2) is 22.8 Å². The second-order valence-corrected chi connectivity index (χ2v) is 10.9. The van der Waals surface area contributed by atoms with Crippen molar-refractivity contribution in [1.82, 2.24) is 4.98 Å². The number of benzene rings is 3. The smallest absolute Gasteiger partial charge is 0.150 e. The number of thioether (sulfide) groups is 1. The van der Waals surface area contributed by atoms with E-state index in [1.54, 1.807) is 30.0 Å². The number of aliphatic carboxylic acids is 1. The van der Waals surface area contributed by atoms with Crippen molar-refractivity contribution in [1.29, 1.82) is 0 Å². The normalized spacial score (nSPS) is 13.2. The summed E-state index contributed by atoms with van der Waals surface area (Å²) >= 11 is 3.57. The van der Waals surface area contributed by atoms with E-state index >= 15 is 0 Å². The fourth-order valence-electron chi connectivity index (χ4n) is 4.53. The van der Waals surface area contributed by atoms with Crippen molar-refractivity contribution in [2.45, 2.75) is 42.5 Å². The molecule has 1 aliphatic rings. The minimum atomic E-state index is -1.18. The molecule has 4 nitrogen and oxygen atoms in total. The van der Waals surface area contributed by atoms with Crippen molar-refractivity contribution >= 4 is 29.1 Å². The highest BCUT2D eigenvalue weighted by atomic mass is 32.2. The maximum atomic E-state index is 11.4. The Morgan fingerprint density at radius 2 is 1.69 bits per heavy atom. The second-order valence-electron chi connectivity index (χ2n) is 8.55. The summed E-state index contributed by atoms with van der Waals surface area (Å²) in [4.78, 5) is 17.7. The van der Waals surface area contributed by atoms with Crippen LogP contribution in [0.1, 0.15) is 40.8 Å². The predicted molar refractivity (Wildman–Crippen MR) is 140 cm³/mol. The number of hydrogen-bond acceptors (Lipinski definition) is 6. The number of carbonyl (C=O) groups excluding carboxylic acids is 1. The van der Waals surface area contributed by atoms with E-state index in [2.05, 4.69) is 66.7 Å². The van der Waals surface area contributed by atoms with Gasteiger partial charge in [-0.3, -0.25) is 0 Å². The van der Waals surface area contributed by atoms with Gasteiger partial charge in [0.1, 0.15) is 11.9 Å². The molecule has 1 heterocycles. The molecule has 0 amide bonds. The monoisotopic (exact) mass is 500 g/mol. The van der Waals surface area contributed by atoms with Crippen LogP contribution in [-0.2, 0) is 17.6 Å². The van der Waals surface area contributed by atoms with Gasteiger partial charge in [-0.15, -0.1) is 11.3 Å². The first-order valence-electron chi connectivity index (χ1n) is 11.9. The zero-order chi connectivity index (χ0) is 24.2. The van der Waals surface area contributed by atoms with Crippen LogP contribution in [0.25, 0.3) is 11.3 Å². The van der Waals surface area contributed by atoms with E-state index in [9.17, 15) is 9.90 Å². The molecular weight excluding hydrogens is 474 g/mol. The molecule has 1 atom stereocenters. The van der Waals surface area contributed by atoms with Crippen LogP contribution in [0, 0.1) is 0 Å². The number of carboxylic acids is 1. The SMILES string of the molecule is CCC(Oc1cccc2c1CCc1sc(SCC(c3ccccc3)c3ccccc3)nc1-2)C(=O)[O-]. The van der Waals surface area contributed by atoms with Gasteiger partial charge in [0, 0.05) is 27.7 Å². The number of aryl methyl sites for hydroxylation is 1. The highest BCUT2D eigenvalue weighted by molar-refractivity contribution is 8.01. The maximum Gasteiger partial charge on any atom is 0.150 e. The number of hydrogen-bond donors (Lipinski definition) is 0. The van der Waals surface area contributed by atoms with Gasteiger partial charge in [0.05, 0.1) is 11.7 Å². The summed E-state index contributed by atoms with van der Waals surface area (Å²) in [5.74, 6) is 0.631. The number of carbonyl (C=O) groups is 1. The predicted octanol–water partition coefficient (Wildman–Crippen LogP) is 5.74. The highest BCUT2D eigenvalue weighted by Crippen LogP contribution is 2.43. The van der Waals surface area contributed by atoms with Crippen LogP contribution in [0.2, 0.25) is 0 Å². The number of nitrogens with zero attached hydrogens (tertiary/aromatic N) is 1. The molecule has 5 rings (SSSR count). The van der Waals surface area contributed by atoms with Gasteiger partial charge in [-0.25, -0.2) is 4.98 Å². The molecule has 1 unspecified atom stereocenters. The molecule has 3 aromatic carbocycles. The van der Waals surface area contributed by atoms with Gasteiger partial charge in [0.15, 0.2) is 4.34 Å². The number of thiazole rings is 1. The Morgan fingerprint density at radius 3 is 2.31 bits per heavy atom. The van der Waals surface area contributed by atoms with Crippen molar-refractivity contribution in [3.05, 3.63) is 100 Å². The molecule has 0 bridgehead atoms. The summed E-state index contributed by atoms with van der Waals surface area (Å²) in [6, 6.07) is 27.1. The van der Waals surface area contributed by atoms with Gasteiger partial charge in [-0.05, 0) is 36.5 Å². The summed E-state index contributed by atoms with van der Waals surface area (Å²) in [7, 11) is 0. The van der Waals surface area contributed by atoms with Crippen LogP contribution >= 0.6 is 23.1 Å². The van der Waals surface area contributed by atoms with E-state index in [1.807, 2.05) is 12.1 Å².